The molecule has 1 fully saturated rings. The standard InChI is InChI=1S/C36H45N7O7S/c1-34(2,3)48-28(44)18-22-16-17-41(21-22)30(45)38-25-12-10-23(11-13-25)29-39-40-31(51-29)42(32(46)49-35(4,5)6)26-14-15-27-24(19-26)20-37-43(27)33(47)50-36(7,8)9/h10-15,19-20,22H,16-18,21H2,1-9H3,(H,38,45). The number of nitrogens with one attached hydrogen (secondary N) is 1. The average molecular weight is 720 g/mol. The maximum Gasteiger partial charge on any atom is 0.435 e. The number of amides is 3. The lowest BCUT2D eigenvalue weighted by molar-refractivity contribution is -0.155. The number of rotatable bonds is 6. The number of benzene rings is 2. The number of fused-ring (bicyclic) bond motifs is 1. The molecule has 1 N–H and O–H groups in total. The van der Waals surface area contributed by atoms with Gasteiger partial charge in [-0.3, -0.25) is 4.79 Å². The molecule has 4 aromatic rings. The van der Waals surface area contributed by atoms with E-state index < -0.39 is 29.0 Å². The van der Waals surface area contributed by atoms with Crippen LogP contribution in [0.25, 0.3) is 21.5 Å². The minimum absolute atomic E-state index is 0.0525. The quantitative estimate of drug-likeness (QED) is 0.153. The first-order valence-electron chi connectivity index (χ1n) is 16.7. The molecular weight excluding hydrogens is 675 g/mol. The molecule has 0 spiro atoms. The van der Waals surface area contributed by atoms with Crippen LogP contribution in [0.5, 0.6) is 0 Å². The molecule has 15 heteroatoms. The van der Waals surface area contributed by atoms with Crippen molar-refractivity contribution < 1.29 is 33.4 Å². The van der Waals surface area contributed by atoms with E-state index >= 15 is 0 Å². The van der Waals surface area contributed by atoms with Crippen molar-refractivity contribution in [2.24, 2.45) is 5.92 Å². The zero-order valence-corrected chi connectivity index (χ0v) is 31.3. The maximum absolute atomic E-state index is 13.6. The third kappa shape index (κ3) is 9.81. The number of anilines is 3. The van der Waals surface area contributed by atoms with Gasteiger partial charge in [-0.15, -0.1) is 10.2 Å². The lowest BCUT2D eigenvalue weighted by Gasteiger charge is -2.25. The van der Waals surface area contributed by atoms with E-state index in [9.17, 15) is 19.2 Å². The Labute approximate surface area is 301 Å². The zero-order valence-electron chi connectivity index (χ0n) is 30.5. The number of ether oxygens (including phenoxy) is 3. The Morgan fingerprint density at radius 2 is 1.55 bits per heavy atom. The molecule has 0 saturated carbocycles. The Hall–Kier alpha value is -5.05. The van der Waals surface area contributed by atoms with E-state index in [-0.39, 0.29) is 29.5 Å². The lowest BCUT2D eigenvalue weighted by atomic mass is 10.1. The van der Waals surface area contributed by atoms with Gasteiger partial charge in [0.25, 0.3) is 0 Å². The molecule has 1 saturated heterocycles. The predicted octanol–water partition coefficient (Wildman–Crippen LogP) is 8.00. The highest BCUT2D eigenvalue weighted by Crippen LogP contribution is 2.36. The van der Waals surface area contributed by atoms with Gasteiger partial charge in [0.15, 0.2) is 0 Å². The first-order chi connectivity index (χ1) is 23.7. The summed E-state index contributed by atoms with van der Waals surface area (Å²) in [5, 5.41) is 17.2. The molecule has 0 aliphatic carbocycles. The summed E-state index contributed by atoms with van der Waals surface area (Å²) >= 11 is 1.19. The van der Waals surface area contributed by atoms with Gasteiger partial charge in [0.05, 0.1) is 23.8 Å². The van der Waals surface area contributed by atoms with Gasteiger partial charge in [-0.25, -0.2) is 19.3 Å². The number of hydrogen-bond donors (Lipinski definition) is 1. The molecular formula is C36H45N7O7S. The van der Waals surface area contributed by atoms with Crippen LogP contribution in [0.2, 0.25) is 0 Å². The topological polar surface area (TPSA) is 158 Å². The Balaban J connectivity index is 1.30. The van der Waals surface area contributed by atoms with Crippen LogP contribution in [0.4, 0.5) is 30.9 Å². The van der Waals surface area contributed by atoms with Crippen LogP contribution in [-0.2, 0) is 19.0 Å². The van der Waals surface area contributed by atoms with Gasteiger partial charge in [-0.2, -0.15) is 9.78 Å². The van der Waals surface area contributed by atoms with Crippen LogP contribution < -0.4 is 10.2 Å². The largest absolute Gasteiger partial charge is 0.460 e. The third-order valence-electron chi connectivity index (χ3n) is 7.39. The molecule has 3 heterocycles. The molecule has 1 atom stereocenters. The second-order valence-electron chi connectivity index (χ2n) is 15.4. The van der Waals surface area contributed by atoms with Crippen molar-refractivity contribution in [1.29, 1.82) is 0 Å². The van der Waals surface area contributed by atoms with Gasteiger partial charge >= 0.3 is 24.2 Å². The van der Waals surface area contributed by atoms with Crippen molar-refractivity contribution in [1.82, 2.24) is 24.9 Å². The Kier molecular flexibility index (Phi) is 10.4. The fourth-order valence-electron chi connectivity index (χ4n) is 5.34. The average Bonchev–Trinajstić information content (AvgIpc) is 3.75. The van der Waals surface area contributed by atoms with Crippen LogP contribution in [0.1, 0.15) is 75.2 Å². The number of carbonyl (C=O) groups excluding carboxylic acids is 4. The number of carbonyl (C=O) groups is 4. The smallest absolute Gasteiger partial charge is 0.435 e. The molecule has 0 bridgehead atoms. The highest BCUT2D eigenvalue weighted by Gasteiger charge is 2.31. The van der Waals surface area contributed by atoms with Crippen LogP contribution in [0.3, 0.4) is 0 Å². The van der Waals surface area contributed by atoms with Gasteiger partial charge in [0.1, 0.15) is 21.8 Å². The Morgan fingerprint density at radius 1 is 0.882 bits per heavy atom. The Morgan fingerprint density at radius 3 is 2.20 bits per heavy atom. The normalized spacial score (nSPS) is 15.1. The summed E-state index contributed by atoms with van der Waals surface area (Å²) in [5.41, 5.74) is 0.245. The van der Waals surface area contributed by atoms with Gasteiger partial charge in [0, 0.05) is 29.7 Å². The summed E-state index contributed by atoms with van der Waals surface area (Å²) in [6, 6.07) is 12.0. The molecule has 272 valence electrons. The second kappa shape index (κ2) is 14.3. The van der Waals surface area contributed by atoms with Crippen LogP contribution in [0.15, 0.2) is 48.7 Å². The molecule has 5 rings (SSSR count). The van der Waals surface area contributed by atoms with Crippen molar-refractivity contribution in [2.45, 2.75) is 92.0 Å². The van der Waals surface area contributed by atoms with Gasteiger partial charge in [0.2, 0.25) is 5.13 Å². The summed E-state index contributed by atoms with van der Waals surface area (Å²) in [4.78, 5) is 54.6. The van der Waals surface area contributed by atoms with Crippen molar-refractivity contribution in [2.75, 3.05) is 23.3 Å². The van der Waals surface area contributed by atoms with Crippen LogP contribution in [0, 0.1) is 5.92 Å². The molecule has 0 radical (unpaired) electrons. The van der Waals surface area contributed by atoms with Crippen molar-refractivity contribution in [3.05, 3.63) is 48.7 Å². The van der Waals surface area contributed by atoms with Gasteiger partial charge < -0.3 is 24.4 Å². The SMILES string of the molecule is CC(C)(C)OC(=O)CC1CCN(C(=O)Nc2ccc(-c3nnc(N(C(=O)OC(C)(C)C)c4ccc5c(cnn5C(=O)OC(C)(C)C)c4)s3)cc2)C1. The molecule has 1 aliphatic rings. The van der Waals surface area contributed by atoms with E-state index in [2.05, 4.69) is 20.6 Å². The third-order valence-corrected chi connectivity index (χ3v) is 8.35. The molecule has 2 aromatic heterocycles. The lowest BCUT2D eigenvalue weighted by Crippen LogP contribution is -2.33. The van der Waals surface area contributed by atoms with Gasteiger partial charge in [-0.05, 0) is 117 Å². The minimum atomic E-state index is -0.789. The highest BCUT2D eigenvalue weighted by atomic mass is 32.1. The van der Waals surface area contributed by atoms with Crippen molar-refractivity contribution >= 4 is 62.9 Å². The number of esters is 1. The van der Waals surface area contributed by atoms with E-state index in [1.807, 2.05) is 32.9 Å². The summed E-state index contributed by atoms with van der Waals surface area (Å²) in [5.74, 6) is -0.204. The van der Waals surface area contributed by atoms with E-state index in [0.29, 0.717) is 40.4 Å². The number of urea groups is 1. The fourth-order valence-corrected chi connectivity index (χ4v) is 6.20. The molecule has 2 aromatic carbocycles. The second-order valence-corrected chi connectivity index (χ2v) is 16.3. The number of likely N-dealkylation sites (tertiary alicyclic amines) is 1. The van der Waals surface area contributed by atoms with E-state index in [1.54, 1.807) is 76.8 Å². The summed E-state index contributed by atoms with van der Waals surface area (Å²) in [7, 11) is 0. The van der Waals surface area contributed by atoms with Gasteiger partial charge in [-0.1, -0.05) is 11.3 Å². The molecule has 51 heavy (non-hydrogen) atoms. The van der Waals surface area contributed by atoms with Crippen LogP contribution in [-0.4, -0.2) is 79.0 Å². The van der Waals surface area contributed by atoms with E-state index in [4.69, 9.17) is 14.2 Å². The maximum atomic E-state index is 13.6. The zero-order chi connectivity index (χ0) is 37.3. The molecule has 3 amide bonds. The van der Waals surface area contributed by atoms with E-state index in [1.165, 1.54) is 27.1 Å². The van der Waals surface area contributed by atoms with Crippen LogP contribution >= 0.6 is 11.3 Å². The van der Waals surface area contributed by atoms with E-state index in [0.717, 1.165) is 12.0 Å². The fraction of sp³-hybridized carbons (Fsp3) is 0.472. The summed E-state index contributed by atoms with van der Waals surface area (Å²) in [6.45, 7) is 17.2. The molecule has 14 nitrogen and oxygen atoms in total. The number of aromatic nitrogens is 4. The minimum Gasteiger partial charge on any atom is -0.460 e. The first-order valence-corrected chi connectivity index (χ1v) is 17.5. The van der Waals surface area contributed by atoms with Crippen molar-refractivity contribution in [3.8, 4) is 10.6 Å². The summed E-state index contributed by atoms with van der Waals surface area (Å²) in [6.07, 6.45) is 1.26. The molecule has 1 unspecified atom stereocenters. The highest BCUT2D eigenvalue weighted by molar-refractivity contribution is 7.18. The predicted molar refractivity (Wildman–Crippen MR) is 194 cm³/mol. The number of nitrogens with zero attached hydrogens (tertiary/aromatic N) is 6. The monoisotopic (exact) mass is 719 g/mol. The van der Waals surface area contributed by atoms with Crippen molar-refractivity contribution in [3.63, 3.8) is 0 Å². The molecule has 1 aliphatic heterocycles. The number of hydrogen-bond acceptors (Lipinski definition) is 11. The first kappa shape index (κ1) is 37.2. The summed E-state index contributed by atoms with van der Waals surface area (Å²) < 4.78 is 17.8. The Bertz CT molecular complexity index is 1920.